The molecule has 0 amide bonds. The van der Waals surface area contributed by atoms with E-state index in [4.69, 9.17) is 10.7 Å². The van der Waals surface area contributed by atoms with Crippen LogP contribution in [0.4, 0.5) is 0 Å². The van der Waals surface area contributed by atoms with E-state index in [2.05, 4.69) is 39.9 Å². The largest absolute Gasteiger partial charge is 0.330 e. The topological polar surface area (TPSA) is 54.2 Å². The second-order valence-electron chi connectivity index (χ2n) is 5.72. The van der Waals surface area contributed by atoms with Gasteiger partial charge in [0, 0.05) is 37.0 Å². The first kappa shape index (κ1) is 15.6. The maximum absolute atomic E-state index is 5.63. The Balaban J connectivity index is 1.79. The van der Waals surface area contributed by atoms with Crippen LogP contribution in [-0.4, -0.2) is 42.6 Å². The van der Waals surface area contributed by atoms with Crippen molar-refractivity contribution in [2.45, 2.75) is 19.4 Å². The molecule has 5 heteroatoms. The molecule has 0 saturated carbocycles. The van der Waals surface area contributed by atoms with E-state index < -0.39 is 0 Å². The minimum Gasteiger partial charge on any atom is -0.330 e. The highest BCUT2D eigenvalue weighted by atomic mass is 32.1. The Kier molecular flexibility index (Phi) is 5.56. The molecule has 0 spiro atoms. The third-order valence-electron chi connectivity index (χ3n) is 4.03. The van der Waals surface area contributed by atoms with E-state index >= 15 is 0 Å². The predicted molar refractivity (Wildman–Crippen MR) is 93.1 cm³/mol. The first-order valence-corrected chi connectivity index (χ1v) is 8.90. The highest BCUT2D eigenvalue weighted by Gasteiger charge is 2.13. The van der Waals surface area contributed by atoms with Gasteiger partial charge in [-0.3, -0.25) is 4.90 Å². The Bertz CT molecular complexity index is 588. The lowest BCUT2D eigenvalue weighted by Gasteiger charge is -2.20. The molecule has 1 aromatic heterocycles. The smallest absolute Gasteiger partial charge is 0.123 e. The Morgan fingerprint density at radius 3 is 3.05 bits per heavy atom. The van der Waals surface area contributed by atoms with E-state index in [1.54, 1.807) is 11.3 Å². The first-order valence-electron chi connectivity index (χ1n) is 8.02. The second kappa shape index (κ2) is 7.83. The van der Waals surface area contributed by atoms with Crippen LogP contribution in [0.1, 0.15) is 17.7 Å². The molecule has 2 aromatic rings. The number of hydrogen-bond acceptors (Lipinski definition) is 5. The molecule has 1 aromatic carbocycles. The van der Waals surface area contributed by atoms with E-state index in [0.29, 0.717) is 6.54 Å². The molecule has 118 valence electrons. The van der Waals surface area contributed by atoms with Crippen LogP contribution in [0.3, 0.4) is 0 Å². The van der Waals surface area contributed by atoms with Crippen molar-refractivity contribution in [2.24, 2.45) is 5.73 Å². The molecule has 0 aliphatic carbocycles. The van der Waals surface area contributed by atoms with Gasteiger partial charge in [-0.1, -0.05) is 24.3 Å². The third kappa shape index (κ3) is 3.93. The molecule has 4 nitrogen and oxygen atoms in total. The molecule has 1 aliphatic rings. The van der Waals surface area contributed by atoms with E-state index in [0.717, 1.165) is 49.8 Å². The van der Waals surface area contributed by atoms with Crippen molar-refractivity contribution in [1.82, 2.24) is 15.2 Å². The Morgan fingerprint density at radius 1 is 1.23 bits per heavy atom. The molecular formula is C17H24N4S. The minimum atomic E-state index is 0.658. The van der Waals surface area contributed by atoms with E-state index in [9.17, 15) is 0 Å². The van der Waals surface area contributed by atoms with Gasteiger partial charge in [-0.05, 0) is 31.6 Å². The molecular weight excluding hydrogens is 292 g/mol. The fourth-order valence-electron chi connectivity index (χ4n) is 2.86. The van der Waals surface area contributed by atoms with Gasteiger partial charge in [0.05, 0.1) is 5.69 Å². The zero-order valence-corrected chi connectivity index (χ0v) is 13.7. The maximum atomic E-state index is 5.63. The summed E-state index contributed by atoms with van der Waals surface area (Å²) < 4.78 is 0. The molecule has 22 heavy (non-hydrogen) atoms. The summed E-state index contributed by atoms with van der Waals surface area (Å²) in [6, 6.07) is 8.66. The van der Waals surface area contributed by atoms with Crippen molar-refractivity contribution in [3.05, 3.63) is 40.9 Å². The summed E-state index contributed by atoms with van der Waals surface area (Å²) in [6.07, 6.45) is 2.08. The zero-order chi connectivity index (χ0) is 15.2. The fraction of sp³-hybridized carbons (Fsp3) is 0.471. The van der Waals surface area contributed by atoms with Gasteiger partial charge in [0.2, 0.25) is 0 Å². The van der Waals surface area contributed by atoms with Crippen LogP contribution in [0, 0.1) is 0 Å². The molecule has 1 saturated heterocycles. The standard InChI is InChI=1S/C17H24N4S/c18-7-6-15-13-22-17(20-15)16-5-2-1-4-14(16)12-21-10-3-8-19-9-11-21/h1-2,4-5,13,19H,3,6-12,18H2. The number of nitrogens with zero attached hydrogens (tertiary/aromatic N) is 2. The van der Waals surface area contributed by atoms with Crippen LogP contribution in [0.15, 0.2) is 29.6 Å². The number of benzene rings is 1. The monoisotopic (exact) mass is 316 g/mol. The summed E-state index contributed by atoms with van der Waals surface area (Å²) in [6.45, 7) is 6.16. The summed E-state index contributed by atoms with van der Waals surface area (Å²) in [7, 11) is 0. The number of hydrogen-bond donors (Lipinski definition) is 2. The molecule has 0 radical (unpaired) electrons. The van der Waals surface area contributed by atoms with Gasteiger partial charge in [0.25, 0.3) is 0 Å². The quantitative estimate of drug-likeness (QED) is 0.887. The molecule has 0 unspecified atom stereocenters. The Labute approximate surface area is 136 Å². The molecule has 0 bridgehead atoms. The highest BCUT2D eigenvalue weighted by Crippen LogP contribution is 2.28. The molecule has 2 heterocycles. The summed E-state index contributed by atoms with van der Waals surface area (Å²) in [5.74, 6) is 0. The maximum Gasteiger partial charge on any atom is 0.123 e. The molecule has 3 rings (SSSR count). The summed E-state index contributed by atoms with van der Waals surface area (Å²) in [4.78, 5) is 7.29. The SMILES string of the molecule is NCCc1csc(-c2ccccc2CN2CCCNCC2)n1. The van der Waals surface area contributed by atoms with Gasteiger partial charge in [-0.2, -0.15) is 0 Å². The van der Waals surface area contributed by atoms with Crippen LogP contribution < -0.4 is 11.1 Å². The Morgan fingerprint density at radius 2 is 2.14 bits per heavy atom. The van der Waals surface area contributed by atoms with Crippen LogP contribution in [0.25, 0.3) is 10.6 Å². The second-order valence-corrected chi connectivity index (χ2v) is 6.58. The van der Waals surface area contributed by atoms with Gasteiger partial charge in [-0.25, -0.2) is 4.98 Å². The van der Waals surface area contributed by atoms with E-state index in [-0.39, 0.29) is 0 Å². The van der Waals surface area contributed by atoms with Crippen LogP contribution in [0.2, 0.25) is 0 Å². The van der Waals surface area contributed by atoms with Gasteiger partial charge in [-0.15, -0.1) is 11.3 Å². The summed E-state index contributed by atoms with van der Waals surface area (Å²) in [5.41, 5.74) is 9.38. The number of aromatic nitrogens is 1. The van der Waals surface area contributed by atoms with Crippen LogP contribution in [0.5, 0.6) is 0 Å². The van der Waals surface area contributed by atoms with Crippen molar-refractivity contribution >= 4 is 11.3 Å². The Hall–Kier alpha value is -1.27. The fourth-order valence-corrected chi connectivity index (χ4v) is 3.78. The van der Waals surface area contributed by atoms with E-state index in [1.165, 1.54) is 17.5 Å². The van der Waals surface area contributed by atoms with Crippen molar-refractivity contribution < 1.29 is 0 Å². The number of nitrogens with two attached hydrogens (primary N) is 1. The van der Waals surface area contributed by atoms with Crippen LogP contribution in [-0.2, 0) is 13.0 Å². The van der Waals surface area contributed by atoms with Gasteiger partial charge >= 0.3 is 0 Å². The third-order valence-corrected chi connectivity index (χ3v) is 4.95. The molecule has 3 N–H and O–H groups in total. The average Bonchev–Trinajstić information content (AvgIpc) is 2.84. The minimum absolute atomic E-state index is 0.658. The summed E-state index contributed by atoms with van der Waals surface area (Å²) >= 11 is 1.73. The molecule has 0 atom stereocenters. The normalized spacial score (nSPS) is 16.6. The van der Waals surface area contributed by atoms with Crippen molar-refractivity contribution in [2.75, 3.05) is 32.7 Å². The zero-order valence-electron chi connectivity index (χ0n) is 12.9. The number of rotatable bonds is 5. The first-order chi connectivity index (χ1) is 10.9. The molecule has 1 aliphatic heterocycles. The average molecular weight is 316 g/mol. The summed E-state index contributed by atoms with van der Waals surface area (Å²) in [5, 5.41) is 6.71. The van der Waals surface area contributed by atoms with Gasteiger partial charge < -0.3 is 11.1 Å². The van der Waals surface area contributed by atoms with Crippen LogP contribution >= 0.6 is 11.3 Å². The van der Waals surface area contributed by atoms with Crippen molar-refractivity contribution in [3.63, 3.8) is 0 Å². The molecule has 1 fully saturated rings. The highest BCUT2D eigenvalue weighted by molar-refractivity contribution is 7.13. The van der Waals surface area contributed by atoms with Gasteiger partial charge in [0.1, 0.15) is 5.01 Å². The van der Waals surface area contributed by atoms with Gasteiger partial charge in [0.15, 0.2) is 0 Å². The number of thiazole rings is 1. The number of nitrogens with one attached hydrogen (secondary N) is 1. The van der Waals surface area contributed by atoms with Crippen molar-refractivity contribution in [3.8, 4) is 10.6 Å². The lowest BCUT2D eigenvalue weighted by atomic mass is 10.1. The predicted octanol–water partition coefficient (Wildman–Crippen LogP) is 2.11. The lowest BCUT2D eigenvalue weighted by molar-refractivity contribution is 0.285. The lowest BCUT2D eigenvalue weighted by Crippen LogP contribution is -2.27. The van der Waals surface area contributed by atoms with Crippen molar-refractivity contribution in [1.29, 1.82) is 0 Å². The van der Waals surface area contributed by atoms with E-state index in [1.807, 2.05) is 0 Å².